The SMILES string of the molecule is CCCCOc1ccc(Nc2ncnc(NC3CCCC3)c2N)cc1. The lowest BCUT2D eigenvalue weighted by Crippen LogP contribution is -2.17. The van der Waals surface area contributed by atoms with Crippen LogP contribution in [0.15, 0.2) is 30.6 Å². The van der Waals surface area contributed by atoms with Crippen molar-refractivity contribution >= 4 is 23.0 Å². The molecule has 134 valence electrons. The first-order chi connectivity index (χ1) is 12.3. The summed E-state index contributed by atoms with van der Waals surface area (Å²) in [5.74, 6) is 2.21. The number of benzene rings is 1. The van der Waals surface area contributed by atoms with Crippen LogP contribution in [0.1, 0.15) is 45.4 Å². The molecule has 0 saturated heterocycles. The third-order valence-corrected chi connectivity index (χ3v) is 4.46. The maximum Gasteiger partial charge on any atom is 0.159 e. The molecule has 1 aromatic carbocycles. The first kappa shape index (κ1) is 17.3. The van der Waals surface area contributed by atoms with Crippen molar-refractivity contribution in [3.63, 3.8) is 0 Å². The van der Waals surface area contributed by atoms with Crippen LogP contribution in [0.2, 0.25) is 0 Å². The Balaban J connectivity index is 1.63. The van der Waals surface area contributed by atoms with E-state index in [2.05, 4.69) is 27.5 Å². The van der Waals surface area contributed by atoms with Crippen LogP contribution in [0.5, 0.6) is 5.75 Å². The molecule has 0 spiro atoms. The predicted octanol–water partition coefficient (Wildman–Crippen LogP) is 4.34. The Labute approximate surface area is 149 Å². The van der Waals surface area contributed by atoms with Crippen LogP contribution in [-0.2, 0) is 0 Å². The van der Waals surface area contributed by atoms with E-state index in [9.17, 15) is 0 Å². The number of unbranched alkanes of at least 4 members (excludes halogenated alkanes) is 1. The minimum atomic E-state index is 0.463. The summed E-state index contributed by atoms with van der Waals surface area (Å²) >= 11 is 0. The second-order valence-corrected chi connectivity index (χ2v) is 6.46. The molecule has 1 aliphatic rings. The van der Waals surface area contributed by atoms with Gasteiger partial charge in [0.15, 0.2) is 11.6 Å². The molecule has 0 bridgehead atoms. The van der Waals surface area contributed by atoms with E-state index in [0.717, 1.165) is 30.9 Å². The second kappa shape index (κ2) is 8.55. The fourth-order valence-electron chi connectivity index (χ4n) is 2.98. The number of nitrogens with one attached hydrogen (secondary N) is 2. The van der Waals surface area contributed by atoms with Crippen LogP contribution >= 0.6 is 0 Å². The summed E-state index contributed by atoms with van der Waals surface area (Å²) in [6.45, 7) is 2.90. The highest BCUT2D eigenvalue weighted by atomic mass is 16.5. The van der Waals surface area contributed by atoms with Gasteiger partial charge in [0.2, 0.25) is 0 Å². The smallest absolute Gasteiger partial charge is 0.159 e. The van der Waals surface area contributed by atoms with Crippen LogP contribution in [0.3, 0.4) is 0 Å². The molecule has 6 nitrogen and oxygen atoms in total. The van der Waals surface area contributed by atoms with Gasteiger partial charge in [-0.1, -0.05) is 26.2 Å². The molecule has 6 heteroatoms. The maximum absolute atomic E-state index is 6.25. The number of rotatable bonds is 8. The zero-order chi connectivity index (χ0) is 17.5. The molecule has 0 atom stereocenters. The zero-order valence-electron chi connectivity index (χ0n) is 14.8. The van der Waals surface area contributed by atoms with E-state index in [-0.39, 0.29) is 0 Å². The number of ether oxygens (including phenoxy) is 1. The standard InChI is InChI=1S/C19H27N5O/c1-2-3-12-25-16-10-8-15(9-11-16)24-19-17(20)18(21-13-22-19)23-14-6-4-5-7-14/h8-11,13-14H,2-7,12,20H2,1H3,(H2,21,22,23,24). The molecular weight excluding hydrogens is 314 g/mol. The molecule has 25 heavy (non-hydrogen) atoms. The Morgan fingerprint density at radius 2 is 1.84 bits per heavy atom. The molecule has 1 aromatic heterocycles. The Morgan fingerprint density at radius 1 is 1.12 bits per heavy atom. The van der Waals surface area contributed by atoms with E-state index >= 15 is 0 Å². The topological polar surface area (TPSA) is 85.1 Å². The summed E-state index contributed by atoms with van der Waals surface area (Å²) in [5.41, 5.74) is 7.72. The Morgan fingerprint density at radius 3 is 2.56 bits per heavy atom. The average Bonchev–Trinajstić information content (AvgIpc) is 3.13. The quantitative estimate of drug-likeness (QED) is 0.620. The number of nitrogens with zero attached hydrogens (tertiary/aromatic N) is 2. The van der Waals surface area contributed by atoms with Gasteiger partial charge in [-0.05, 0) is 43.5 Å². The highest BCUT2D eigenvalue weighted by Crippen LogP contribution is 2.29. The number of aromatic nitrogens is 2. The minimum absolute atomic E-state index is 0.463. The molecule has 2 aromatic rings. The van der Waals surface area contributed by atoms with Gasteiger partial charge >= 0.3 is 0 Å². The van der Waals surface area contributed by atoms with Crippen molar-refractivity contribution in [3.8, 4) is 5.75 Å². The van der Waals surface area contributed by atoms with Crippen LogP contribution in [0.25, 0.3) is 0 Å². The van der Waals surface area contributed by atoms with Gasteiger partial charge in [0, 0.05) is 11.7 Å². The number of hydrogen-bond acceptors (Lipinski definition) is 6. The minimum Gasteiger partial charge on any atom is -0.494 e. The van der Waals surface area contributed by atoms with Crippen LogP contribution in [0, 0.1) is 0 Å². The lowest BCUT2D eigenvalue weighted by molar-refractivity contribution is 0.309. The third kappa shape index (κ3) is 4.75. The highest BCUT2D eigenvalue weighted by Gasteiger charge is 2.17. The van der Waals surface area contributed by atoms with Crippen LogP contribution in [-0.4, -0.2) is 22.6 Å². The monoisotopic (exact) mass is 341 g/mol. The molecule has 0 unspecified atom stereocenters. The third-order valence-electron chi connectivity index (χ3n) is 4.46. The van der Waals surface area contributed by atoms with Gasteiger partial charge in [-0.2, -0.15) is 0 Å². The molecule has 4 N–H and O–H groups in total. The largest absolute Gasteiger partial charge is 0.494 e. The Bertz CT molecular complexity index is 668. The van der Waals surface area contributed by atoms with Crippen LogP contribution < -0.4 is 21.1 Å². The first-order valence-corrected chi connectivity index (χ1v) is 9.13. The predicted molar refractivity (Wildman–Crippen MR) is 102 cm³/mol. The summed E-state index contributed by atoms with van der Waals surface area (Å²) in [6, 6.07) is 8.30. The maximum atomic E-state index is 6.25. The van der Waals surface area contributed by atoms with E-state index in [1.165, 1.54) is 32.0 Å². The Hall–Kier alpha value is -2.50. The number of hydrogen-bond donors (Lipinski definition) is 3. The summed E-state index contributed by atoms with van der Waals surface area (Å²) in [6.07, 6.45) is 8.61. The van der Waals surface area contributed by atoms with E-state index in [1.807, 2.05) is 24.3 Å². The molecule has 0 radical (unpaired) electrons. The molecular formula is C19H27N5O. The molecule has 0 aliphatic heterocycles. The molecule has 1 saturated carbocycles. The van der Waals surface area contributed by atoms with Crippen molar-refractivity contribution in [2.75, 3.05) is 23.0 Å². The van der Waals surface area contributed by atoms with Crippen molar-refractivity contribution in [2.45, 2.75) is 51.5 Å². The molecule has 3 rings (SSSR count). The van der Waals surface area contributed by atoms with Gasteiger partial charge in [0.25, 0.3) is 0 Å². The van der Waals surface area contributed by atoms with E-state index in [0.29, 0.717) is 23.4 Å². The number of nitrogen functional groups attached to an aromatic ring is 1. The fourth-order valence-corrected chi connectivity index (χ4v) is 2.98. The van der Waals surface area contributed by atoms with Gasteiger partial charge in [0.1, 0.15) is 17.8 Å². The molecule has 1 heterocycles. The Kier molecular flexibility index (Phi) is 5.93. The fraction of sp³-hybridized carbons (Fsp3) is 0.474. The second-order valence-electron chi connectivity index (χ2n) is 6.46. The zero-order valence-corrected chi connectivity index (χ0v) is 14.8. The van der Waals surface area contributed by atoms with Gasteiger partial charge in [-0.25, -0.2) is 9.97 Å². The summed E-state index contributed by atoms with van der Waals surface area (Å²) in [5, 5.41) is 6.70. The number of anilines is 4. The van der Waals surface area contributed by atoms with Crippen LogP contribution in [0.4, 0.5) is 23.0 Å². The van der Waals surface area contributed by atoms with E-state index < -0.39 is 0 Å². The van der Waals surface area contributed by atoms with Crippen molar-refractivity contribution in [2.24, 2.45) is 0 Å². The molecule has 0 amide bonds. The van der Waals surface area contributed by atoms with Gasteiger partial charge in [-0.15, -0.1) is 0 Å². The van der Waals surface area contributed by atoms with Gasteiger partial charge < -0.3 is 21.1 Å². The summed E-state index contributed by atoms with van der Waals surface area (Å²) in [4.78, 5) is 8.57. The summed E-state index contributed by atoms with van der Waals surface area (Å²) in [7, 11) is 0. The van der Waals surface area contributed by atoms with Crippen molar-refractivity contribution < 1.29 is 4.74 Å². The van der Waals surface area contributed by atoms with Crippen molar-refractivity contribution in [1.82, 2.24) is 9.97 Å². The van der Waals surface area contributed by atoms with E-state index in [1.54, 1.807) is 0 Å². The molecule has 1 aliphatic carbocycles. The lowest BCUT2D eigenvalue weighted by Gasteiger charge is -2.16. The number of nitrogens with two attached hydrogens (primary N) is 1. The lowest BCUT2D eigenvalue weighted by atomic mass is 10.2. The van der Waals surface area contributed by atoms with Crippen molar-refractivity contribution in [3.05, 3.63) is 30.6 Å². The molecule has 1 fully saturated rings. The first-order valence-electron chi connectivity index (χ1n) is 9.13. The normalized spacial score (nSPS) is 14.4. The highest BCUT2D eigenvalue weighted by molar-refractivity contribution is 5.77. The average molecular weight is 341 g/mol. The summed E-state index contributed by atoms with van der Waals surface area (Å²) < 4.78 is 5.68. The van der Waals surface area contributed by atoms with Gasteiger partial charge in [0.05, 0.1) is 6.61 Å². The van der Waals surface area contributed by atoms with E-state index in [4.69, 9.17) is 10.5 Å². The van der Waals surface area contributed by atoms with Crippen molar-refractivity contribution in [1.29, 1.82) is 0 Å². The van der Waals surface area contributed by atoms with Gasteiger partial charge in [-0.3, -0.25) is 0 Å².